The van der Waals surface area contributed by atoms with Crippen LogP contribution in [0, 0.1) is 0 Å². The van der Waals surface area contributed by atoms with Crippen LogP contribution in [0.2, 0.25) is 0 Å². The Morgan fingerprint density at radius 3 is 2.41 bits per heavy atom. The highest BCUT2D eigenvalue weighted by Crippen LogP contribution is 2.35. The number of aromatic nitrogens is 2. The molecule has 3 aromatic rings. The van der Waals surface area contributed by atoms with Crippen LogP contribution in [0.15, 0.2) is 48.5 Å². The second-order valence-electron chi connectivity index (χ2n) is 11.9. The number of hydrogen-bond acceptors (Lipinski definition) is 7. The van der Waals surface area contributed by atoms with Crippen LogP contribution in [0.5, 0.6) is 5.75 Å². The minimum atomic E-state index is -0.561. The van der Waals surface area contributed by atoms with Crippen LogP contribution >= 0.6 is 0 Å². The first-order chi connectivity index (χ1) is 19.7. The van der Waals surface area contributed by atoms with E-state index in [0.717, 1.165) is 35.9 Å². The number of ether oxygens (including phenoxy) is 3. The summed E-state index contributed by atoms with van der Waals surface area (Å²) in [7, 11) is 0. The zero-order chi connectivity index (χ0) is 29.0. The van der Waals surface area contributed by atoms with Crippen LogP contribution in [-0.2, 0) is 16.1 Å². The number of likely N-dealkylation sites (tertiary alicyclic amines) is 2. The second kappa shape index (κ2) is 12.3. The molecule has 2 aliphatic rings. The molecule has 10 heteroatoms. The van der Waals surface area contributed by atoms with Crippen molar-refractivity contribution in [3.8, 4) is 5.75 Å². The Balaban J connectivity index is 1.26. The number of nitrogens with zero attached hydrogens (tertiary/aromatic N) is 4. The first-order valence-corrected chi connectivity index (χ1v) is 14.5. The summed E-state index contributed by atoms with van der Waals surface area (Å²) >= 11 is 0. The van der Waals surface area contributed by atoms with Crippen LogP contribution in [0.25, 0.3) is 11.0 Å². The van der Waals surface area contributed by atoms with Crippen LogP contribution in [0.3, 0.4) is 0 Å². The number of nitrogens with two attached hydrogens (primary N) is 1. The van der Waals surface area contributed by atoms with Crippen molar-refractivity contribution in [3.63, 3.8) is 0 Å². The Hall–Kier alpha value is -3.95. The van der Waals surface area contributed by atoms with E-state index in [1.54, 1.807) is 9.80 Å². The van der Waals surface area contributed by atoms with Gasteiger partial charge in [0.1, 0.15) is 29.6 Å². The molecule has 1 atom stereocenters. The fourth-order valence-electron chi connectivity index (χ4n) is 5.57. The number of anilines is 1. The highest BCUT2D eigenvalue weighted by molar-refractivity contribution is 5.85. The van der Waals surface area contributed by atoms with Crippen molar-refractivity contribution in [2.75, 3.05) is 31.9 Å². The number of carbonyl (C=O) groups excluding carboxylic acids is 2. The quantitative estimate of drug-likeness (QED) is 0.420. The number of fused-ring (bicyclic) bond motifs is 1. The van der Waals surface area contributed by atoms with Gasteiger partial charge in [0.2, 0.25) is 5.95 Å². The van der Waals surface area contributed by atoms with Crippen LogP contribution in [0.4, 0.5) is 15.5 Å². The average molecular weight is 564 g/mol. The van der Waals surface area contributed by atoms with Crippen molar-refractivity contribution in [3.05, 3.63) is 54.1 Å². The van der Waals surface area contributed by atoms with Crippen molar-refractivity contribution in [2.24, 2.45) is 0 Å². The molecule has 41 heavy (non-hydrogen) atoms. The zero-order valence-electron chi connectivity index (χ0n) is 24.3. The first-order valence-electron chi connectivity index (χ1n) is 14.5. The van der Waals surface area contributed by atoms with Crippen molar-refractivity contribution >= 4 is 29.2 Å². The first kappa shape index (κ1) is 28.6. The van der Waals surface area contributed by atoms with Gasteiger partial charge in [-0.15, -0.1) is 0 Å². The van der Waals surface area contributed by atoms with Gasteiger partial charge < -0.3 is 34.3 Å². The number of piperidine rings is 1. The van der Waals surface area contributed by atoms with Crippen molar-refractivity contribution in [1.82, 2.24) is 19.4 Å². The minimum Gasteiger partial charge on any atom is -0.488 e. The highest BCUT2D eigenvalue weighted by atomic mass is 16.6. The second-order valence-corrected chi connectivity index (χ2v) is 11.9. The van der Waals surface area contributed by atoms with Gasteiger partial charge in [0.25, 0.3) is 0 Å². The Morgan fingerprint density at radius 2 is 1.68 bits per heavy atom. The molecule has 2 aromatic carbocycles. The van der Waals surface area contributed by atoms with Gasteiger partial charge in [0, 0.05) is 39.0 Å². The lowest BCUT2D eigenvalue weighted by molar-refractivity contribution is 0.0238. The van der Waals surface area contributed by atoms with E-state index in [0.29, 0.717) is 50.7 Å². The number of para-hydroxylation sites is 1. The summed E-state index contributed by atoms with van der Waals surface area (Å²) in [6.45, 7) is 8.15. The molecule has 2 fully saturated rings. The van der Waals surface area contributed by atoms with Gasteiger partial charge in [-0.3, -0.25) is 0 Å². The Bertz CT molecular complexity index is 1340. The van der Waals surface area contributed by atoms with E-state index in [9.17, 15) is 9.59 Å². The van der Waals surface area contributed by atoms with E-state index in [1.165, 1.54) is 0 Å². The number of benzene rings is 2. The molecule has 3 heterocycles. The van der Waals surface area contributed by atoms with E-state index in [2.05, 4.69) is 4.98 Å². The molecular formula is C31H41N5O5. The minimum absolute atomic E-state index is 0.0546. The Kier molecular flexibility index (Phi) is 8.56. The van der Waals surface area contributed by atoms with Crippen LogP contribution in [-0.4, -0.2) is 69.4 Å². The molecule has 10 nitrogen and oxygen atoms in total. The molecule has 0 bridgehead atoms. The Labute approximate surface area is 241 Å². The van der Waals surface area contributed by atoms with Crippen molar-refractivity contribution < 1.29 is 23.8 Å². The van der Waals surface area contributed by atoms with E-state index in [4.69, 9.17) is 19.9 Å². The van der Waals surface area contributed by atoms with Crippen LogP contribution in [0.1, 0.15) is 64.5 Å². The van der Waals surface area contributed by atoms with Gasteiger partial charge in [0.15, 0.2) is 0 Å². The summed E-state index contributed by atoms with van der Waals surface area (Å²) < 4.78 is 19.8. The van der Waals surface area contributed by atoms with Crippen molar-refractivity contribution in [2.45, 2.75) is 77.2 Å². The van der Waals surface area contributed by atoms with Gasteiger partial charge in [-0.25, -0.2) is 14.6 Å². The maximum absolute atomic E-state index is 12.9. The number of nitrogen functional groups attached to an aromatic ring is 1. The molecule has 2 aliphatic heterocycles. The van der Waals surface area contributed by atoms with E-state index >= 15 is 0 Å². The Morgan fingerprint density at radius 1 is 0.927 bits per heavy atom. The number of rotatable bonds is 5. The van der Waals surface area contributed by atoms with Gasteiger partial charge in [-0.1, -0.05) is 36.4 Å². The third kappa shape index (κ3) is 7.04. The predicted octanol–water partition coefficient (Wildman–Crippen LogP) is 5.76. The summed E-state index contributed by atoms with van der Waals surface area (Å²) in [5.41, 5.74) is 8.49. The molecule has 0 radical (unpaired) electrons. The van der Waals surface area contributed by atoms with Gasteiger partial charge in [-0.2, -0.15) is 0 Å². The summed E-state index contributed by atoms with van der Waals surface area (Å²) in [6, 6.07) is 15.4. The van der Waals surface area contributed by atoms with Crippen LogP contribution < -0.4 is 10.5 Å². The monoisotopic (exact) mass is 563 g/mol. The van der Waals surface area contributed by atoms with E-state index in [-0.39, 0.29) is 30.9 Å². The largest absolute Gasteiger partial charge is 0.488 e. The maximum atomic E-state index is 12.9. The standard InChI is InChI=1S/C31H41N5O5/c1-31(2,3)41-30(38)35-17-8-7-12-23(20-35)36-27-25(33-28(36)32)13-9-14-26(27)40-24-15-18-34(19-16-24)29(37)39-21-22-10-5-4-6-11-22/h4-6,9-11,13-14,23-24H,7-8,12,15-21H2,1-3H3,(H2,32,33)/t23-/m1/s1. The molecule has 2 saturated heterocycles. The third-order valence-corrected chi connectivity index (χ3v) is 7.56. The molecule has 0 aliphatic carbocycles. The third-order valence-electron chi connectivity index (χ3n) is 7.56. The van der Waals surface area contributed by atoms with Gasteiger partial charge in [0.05, 0.1) is 11.6 Å². The number of imidazole rings is 1. The SMILES string of the molecule is CC(C)(C)OC(=O)N1CCCC[C@@H](n2c(N)nc3cccc(OC4CCN(C(=O)OCc5ccccc5)CC4)c32)C1. The lowest BCUT2D eigenvalue weighted by Crippen LogP contribution is -2.42. The zero-order valence-corrected chi connectivity index (χ0v) is 24.3. The molecular weight excluding hydrogens is 522 g/mol. The van der Waals surface area contributed by atoms with Gasteiger partial charge >= 0.3 is 12.2 Å². The predicted molar refractivity (Wildman–Crippen MR) is 157 cm³/mol. The fourth-order valence-corrected chi connectivity index (χ4v) is 5.57. The molecule has 0 saturated carbocycles. The van der Waals surface area contributed by atoms with Crippen molar-refractivity contribution in [1.29, 1.82) is 0 Å². The maximum Gasteiger partial charge on any atom is 0.410 e. The number of amides is 2. The molecule has 5 rings (SSSR count). The topological polar surface area (TPSA) is 112 Å². The number of hydrogen-bond donors (Lipinski definition) is 1. The molecule has 1 aromatic heterocycles. The summed E-state index contributed by atoms with van der Waals surface area (Å²) in [6.07, 6.45) is 3.44. The molecule has 220 valence electrons. The molecule has 0 unspecified atom stereocenters. The normalized spacial score (nSPS) is 18.7. The van der Waals surface area contributed by atoms with E-state index in [1.807, 2.05) is 73.9 Å². The summed E-state index contributed by atoms with van der Waals surface area (Å²) in [5, 5.41) is 0. The average Bonchev–Trinajstić information content (AvgIpc) is 3.11. The van der Waals surface area contributed by atoms with Gasteiger partial charge in [-0.05, 0) is 57.7 Å². The highest BCUT2D eigenvalue weighted by Gasteiger charge is 2.31. The number of carbonyl (C=O) groups is 2. The fraction of sp³-hybridized carbons (Fsp3) is 0.516. The smallest absolute Gasteiger partial charge is 0.410 e. The molecule has 2 amide bonds. The molecule has 0 spiro atoms. The lowest BCUT2D eigenvalue weighted by Gasteiger charge is -2.32. The summed E-state index contributed by atoms with van der Waals surface area (Å²) in [5.74, 6) is 1.12. The summed E-state index contributed by atoms with van der Waals surface area (Å²) in [4.78, 5) is 33.7. The molecule has 2 N–H and O–H groups in total. The lowest BCUT2D eigenvalue weighted by atomic mass is 10.1. The van der Waals surface area contributed by atoms with E-state index < -0.39 is 5.60 Å².